The van der Waals surface area contributed by atoms with Crippen molar-refractivity contribution in [2.75, 3.05) is 5.32 Å². The number of nitrogens with one attached hydrogen (secondary N) is 3. The van der Waals surface area contributed by atoms with Crippen LogP contribution in [0.15, 0.2) is 54.6 Å². The molecule has 0 aromatic heterocycles. The lowest BCUT2D eigenvalue weighted by molar-refractivity contribution is -0.130. The van der Waals surface area contributed by atoms with Gasteiger partial charge in [0.25, 0.3) is 0 Å². The summed E-state index contributed by atoms with van der Waals surface area (Å²) in [4.78, 5) is 36.1. The minimum absolute atomic E-state index is 0.0166. The summed E-state index contributed by atoms with van der Waals surface area (Å²) in [5, 5.41) is 2.71. The maximum atomic E-state index is 12.3. The molecule has 2 rings (SSSR count). The van der Waals surface area contributed by atoms with Crippen LogP contribution in [0.3, 0.4) is 0 Å². The molecule has 2 aromatic rings. The smallest absolute Gasteiger partial charge is 0.245 e. The van der Waals surface area contributed by atoms with E-state index in [1.165, 1.54) is 5.56 Å². The van der Waals surface area contributed by atoms with E-state index in [9.17, 15) is 14.4 Å². The van der Waals surface area contributed by atoms with Crippen LogP contribution in [0, 0.1) is 5.92 Å². The Balaban J connectivity index is 1.73. The lowest BCUT2D eigenvalue weighted by Gasteiger charge is -2.14. The lowest BCUT2D eigenvalue weighted by Crippen LogP contribution is -2.43. The van der Waals surface area contributed by atoms with E-state index in [2.05, 4.69) is 30.0 Å². The van der Waals surface area contributed by atoms with E-state index < -0.39 is 11.8 Å². The standard InChI is InChI=1S/C23H29N3O3/c1-16(2)15-18-9-11-19(12-10-18)17(3)23(29)26-25-22(28)14-13-21(27)24-20-7-5-4-6-8-20/h4-12,16-17H,13-15H2,1-3H3,(H,24,27)(H,25,28)(H,26,29). The van der Waals surface area contributed by atoms with Gasteiger partial charge in [-0.25, -0.2) is 0 Å². The van der Waals surface area contributed by atoms with Gasteiger partial charge in [0.1, 0.15) is 0 Å². The number of rotatable bonds is 8. The van der Waals surface area contributed by atoms with Gasteiger partial charge in [-0.3, -0.25) is 25.2 Å². The second kappa shape index (κ2) is 11.0. The summed E-state index contributed by atoms with van der Waals surface area (Å²) in [5.41, 5.74) is 7.60. The molecule has 0 bridgehead atoms. The minimum Gasteiger partial charge on any atom is -0.326 e. The third kappa shape index (κ3) is 7.78. The number of benzene rings is 2. The van der Waals surface area contributed by atoms with Crippen molar-refractivity contribution < 1.29 is 14.4 Å². The number of para-hydroxylation sites is 1. The highest BCUT2D eigenvalue weighted by atomic mass is 16.2. The van der Waals surface area contributed by atoms with E-state index in [0.717, 1.165) is 12.0 Å². The molecule has 6 nitrogen and oxygen atoms in total. The van der Waals surface area contributed by atoms with E-state index >= 15 is 0 Å². The number of hydrogen-bond acceptors (Lipinski definition) is 3. The molecule has 0 aliphatic rings. The average Bonchev–Trinajstić information content (AvgIpc) is 2.71. The first-order valence-corrected chi connectivity index (χ1v) is 9.87. The van der Waals surface area contributed by atoms with Crippen molar-refractivity contribution in [3.63, 3.8) is 0 Å². The Morgan fingerprint density at radius 3 is 2.03 bits per heavy atom. The van der Waals surface area contributed by atoms with E-state index in [-0.39, 0.29) is 24.7 Å². The van der Waals surface area contributed by atoms with E-state index in [1.807, 2.05) is 42.5 Å². The predicted molar refractivity (Wildman–Crippen MR) is 114 cm³/mol. The molecule has 0 fully saturated rings. The Bertz CT molecular complexity index is 817. The van der Waals surface area contributed by atoms with Crippen LogP contribution in [0.5, 0.6) is 0 Å². The highest BCUT2D eigenvalue weighted by molar-refractivity contribution is 5.93. The maximum absolute atomic E-state index is 12.3. The summed E-state index contributed by atoms with van der Waals surface area (Å²) >= 11 is 0. The molecule has 0 saturated carbocycles. The Hall–Kier alpha value is -3.15. The van der Waals surface area contributed by atoms with Gasteiger partial charge < -0.3 is 5.32 Å². The zero-order valence-corrected chi connectivity index (χ0v) is 17.2. The van der Waals surface area contributed by atoms with Crippen molar-refractivity contribution in [2.24, 2.45) is 5.92 Å². The minimum atomic E-state index is -0.416. The Kier molecular flexibility index (Phi) is 8.40. The lowest BCUT2D eigenvalue weighted by atomic mass is 9.96. The number of hydrogen-bond donors (Lipinski definition) is 3. The summed E-state index contributed by atoms with van der Waals surface area (Å²) in [6.45, 7) is 6.11. The monoisotopic (exact) mass is 395 g/mol. The molecule has 154 valence electrons. The summed E-state index contributed by atoms with van der Waals surface area (Å²) in [6, 6.07) is 17.0. The van der Waals surface area contributed by atoms with Crippen molar-refractivity contribution in [3.8, 4) is 0 Å². The topological polar surface area (TPSA) is 87.3 Å². The maximum Gasteiger partial charge on any atom is 0.245 e. The van der Waals surface area contributed by atoms with Crippen molar-refractivity contribution in [2.45, 2.75) is 46.0 Å². The van der Waals surface area contributed by atoms with E-state index in [1.54, 1.807) is 19.1 Å². The van der Waals surface area contributed by atoms with Crippen molar-refractivity contribution in [3.05, 3.63) is 65.7 Å². The van der Waals surface area contributed by atoms with Gasteiger partial charge in [0.15, 0.2) is 0 Å². The van der Waals surface area contributed by atoms with Crippen LogP contribution in [0.4, 0.5) is 5.69 Å². The van der Waals surface area contributed by atoms with Gasteiger partial charge in [-0.15, -0.1) is 0 Å². The summed E-state index contributed by atoms with van der Waals surface area (Å²) in [6.07, 6.45) is 1.01. The van der Waals surface area contributed by atoms with Gasteiger partial charge >= 0.3 is 0 Å². The van der Waals surface area contributed by atoms with Gasteiger partial charge in [-0.2, -0.15) is 0 Å². The van der Waals surface area contributed by atoms with Crippen LogP contribution in [0.1, 0.15) is 50.7 Å². The molecule has 1 atom stereocenters. The van der Waals surface area contributed by atoms with Gasteiger partial charge in [-0.05, 0) is 42.5 Å². The summed E-state index contributed by atoms with van der Waals surface area (Å²) in [7, 11) is 0. The molecule has 0 spiro atoms. The number of hydrazine groups is 1. The fourth-order valence-corrected chi connectivity index (χ4v) is 2.84. The number of carbonyl (C=O) groups is 3. The average molecular weight is 396 g/mol. The number of amides is 3. The zero-order chi connectivity index (χ0) is 21.2. The zero-order valence-electron chi connectivity index (χ0n) is 17.2. The molecule has 0 heterocycles. The van der Waals surface area contributed by atoms with Crippen molar-refractivity contribution in [1.82, 2.24) is 10.9 Å². The molecule has 0 radical (unpaired) electrons. The quantitative estimate of drug-likeness (QED) is 0.597. The second-order valence-corrected chi connectivity index (χ2v) is 7.51. The van der Waals surface area contributed by atoms with Gasteiger partial charge in [0, 0.05) is 18.5 Å². The Morgan fingerprint density at radius 1 is 0.793 bits per heavy atom. The SMILES string of the molecule is CC(C)Cc1ccc(C(C)C(=O)NNC(=O)CCC(=O)Nc2ccccc2)cc1. The van der Waals surface area contributed by atoms with Crippen LogP contribution in [0.25, 0.3) is 0 Å². The van der Waals surface area contributed by atoms with Crippen LogP contribution in [-0.4, -0.2) is 17.7 Å². The van der Waals surface area contributed by atoms with Gasteiger partial charge in [0.05, 0.1) is 5.92 Å². The predicted octanol–water partition coefficient (Wildman–Crippen LogP) is 3.55. The van der Waals surface area contributed by atoms with Crippen LogP contribution in [0.2, 0.25) is 0 Å². The Labute approximate surface area is 172 Å². The largest absolute Gasteiger partial charge is 0.326 e. The number of anilines is 1. The fraction of sp³-hybridized carbons (Fsp3) is 0.348. The molecule has 0 saturated heterocycles. The molecule has 1 unspecified atom stereocenters. The van der Waals surface area contributed by atoms with Crippen LogP contribution >= 0.6 is 0 Å². The molecule has 0 aliphatic heterocycles. The van der Waals surface area contributed by atoms with Crippen LogP contribution in [-0.2, 0) is 20.8 Å². The molecule has 6 heteroatoms. The van der Waals surface area contributed by atoms with Crippen molar-refractivity contribution in [1.29, 1.82) is 0 Å². The van der Waals surface area contributed by atoms with Crippen molar-refractivity contribution >= 4 is 23.4 Å². The Morgan fingerprint density at radius 2 is 1.41 bits per heavy atom. The van der Waals surface area contributed by atoms with E-state index in [4.69, 9.17) is 0 Å². The van der Waals surface area contributed by atoms with E-state index in [0.29, 0.717) is 11.6 Å². The van der Waals surface area contributed by atoms with Crippen LogP contribution < -0.4 is 16.2 Å². The fourth-order valence-electron chi connectivity index (χ4n) is 2.84. The normalized spacial score (nSPS) is 11.6. The molecule has 3 N–H and O–H groups in total. The first-order chi connectivity index (χ1) is 13.8. The summed E-state index contributed by atoms with van der Waals surface area (Å²) in [5.74, 6) is -0.798. The third-order valence-corrected chi connectivity index (χ3v) is 4.48. The molecule has 2 aromatic carbocycles. The van der Waals surface area contributed by atoms with Gasteiger partial charge in [0.2, 0.25) is 17.7 Å². The molecular formula is C23H29N3O3. The first-order valence-electron chi connectivity index (χ1n) is 9.87. The summed E-state index contributed by atoms with van der Waals surface area (Å²) < 4.78 is 0. The highest BCUT2D eigenvalue weighted by Crippen LogP contribution is 2.17. The molecule has 0 aliphatic carbocycles. The first kappa shape index (κ1) is 22.1. The number of carbonyl (C=O) groups excluding carboxylic acids is 3. The van der Waals surface area contributed by atoms with Gasteiger partial charge in [-0.1, -0.05) is 56.3 Å². The molecule has 29 heavy (non-hydrogen) atoms. The molecule has 3 amide bonds. The highest BCUT2D eigenvalue weighted by Gasteiger charge is 2.16. The third-order valence-electron chi connectivity index (χ3n) is 4.48. The molecular weight excluding hydrogens is 366 g/mol. The second-order valence-electron chi connectivity index (χ2n) is 7.51.